The summed E-state index contributed by atoms with van der Waals surface area (Å²) in [6.07, 6.45) is 3.88. The van der Waals surface area contributed by atoms with E-state index in [9.17, 15) is 18.4 Å². The van der Waals surface area contributed by atoms with Crippen molar-refractivity contribution in [2.24, 2.45) is 0 Å². The maximum atomic E-state index is 14.4. The zero-order chi connectivity index (χ0) is 21.4. The van der Waals surface area contributed by atoms with Crippen LogP contribution in [0.4, 0.5) is 8.78 Å². The predicted molar refractivity (Wildman–Crippen MR) is 109 cm³/mol. The van der Waals surface area contributed by atoms with Gasteiger partial charge in [-0.25, -0.2) is 8.78 Å². The summed E-state index contributed by atoms with van der Waals surface area (Å²) in [5.41, 5.74) is 4.21. The molecule has 1 fully saturated rings. The second-order valence-corrected chi connectivity index (χ2v) is 8.23. The van der Waals surface area contributed by atoms with Crippen molar-refractivity contribution >= 4 is 11.8 Å². The van der Waals surface area contributed by atoms with Gasteiger partial charge in [0.1, 0.15) is 17.3 Å². The number of aromatic nitrogens is 1. The van der Waals surface area contributed by atoms with Crippen molar-refractivity contribution in [3.8, 4) is 0 Å². The van der Waals surface area contributed by atoms with E-state index in [0.29, 0.717) is 37.4 Å². The second kappa shape index (κ2) is 8.20. The largest absolute Gasteiger partial charge is 0.339 e. The first kappa shape index (κ1) is 20.6. The summed E-state index contributed by atoms with van der Waals surface area (Å²) in [4.78, 5) is 28.6. The second-order valence-electron chi connectivity index (χ2n) is 8.23. The van der Waals surface area contributed by atoms with Crippen LogP contribution in [-0.4, -0.2) is 52.4 Å². The van der Waals surface area contributed by atoms with E-state index < -0.39 is 11.6 Å². The minimum Gasteiger partial charge on any atom is -0.339 e. The van der Waals surface area contributed by atoms with Gasteiger partial charge in [0.15, 0.2) is 0 Å². The lowest BCUT2D eigenvalue weighted by molar-refractivity contribution is -0.130. The Morgan fingerprint density at radius 1 is 1.00 bits per heavy atom. The molecular formula is C23H27F2N3O2. The zero-order valence-electron chi connectivity index (χ0n) is 17.5. The zero-order valence-corrected chi connectivity index (χ0v) is 17.5. The molecule has 0 atom stereocenters. The molecule has 2 amide bonds. The molecular weight excluding hydrogens is 388 g/mol. The molecule has 0 unspecified atom stereocenters. The van der Waals surface area contributed by atoms with E-state index in [1.54, 1.807) is 9.80 Å². The van der Waals surface area contributed by atoms with Gasteiger partial charge in [-0.3, -0.25) is 9.59 Å². The van der Waals surface area contributed by atoms with E-state index in [2.05, 4.69) is 0 Å². The summed E-state index contributed by atoms with van der Waals surface area (Å²) >= 11 is 0. The fraction of sp³-hybridized carbons (Fsp3) is 0.478. The molecule has 30 heavy (non-hydrogen) atoms. The number of benzene rings is 1. The molecule has 1 aromatic heterocycles. The maximum Gasteiger partial charge on any atom is 0.270 e. The molecule has 2 aliphatic rings. The number of halogens is 2. The molecule has 160 valence electrons. The Morgan fingerprint density at radius 2 is 1.67 bits per heavy atom. The average molecular weight is 415 g/mol. The number of fused-ring (bicyclic) bond motifs is 1. The van der Waals surface area contributed by atoms with Crippen LogP contribution in [0.15, 0.2) is 18.2 Å². The van der Waals surface area contributed by atoms with Crippen LogP contribution < -0.4 is 0 Å². The van der Waals surface area contributed by atoms with Gasteiger partial charge in [-0.15, -0.1) is 0 Å². The third-order valence-electron chi connectivity index (χ3n) is 6.40. The van der Waals surface area contributed by atoms with Crippen LogP contribution in [0.25, 0.3) is 0 Å². The quantitative estimate of drug-likeness (QED) is 0.772. The first-order valence-corrected chi connectivity index (χ1v) is 10.6. The number of nitrogens with zero attached hydrogens (tertiary/aromatic N) is 3. The molecule has 7 heteroatoms. The number of piperazine rings is 1. The van der Waals surface area contributed by atoms with Crippen molar-refractivity contribution in [3.63, 3.8) is 0 Å². The SMILES string of the molecule is CC(=O)N1CCN(C(=O)c2c(C)c3c(n2Cc2ccc(F)cc2F)CCCC3)CC1. The number of rotatable bonds is 3. The molecule has 0 radical (unpaired) electrons. The molecule has 1 aliphatic carbocycles. The summed E-state index contributed by atoms with van der Waals surface area (Å²) in [5, 5.41) is 0. The Morgan fingerprint density at radius 3 is 2.33 bits per heavy atom. The van der Waals surface area contributed by atoms with Crippen molar-refractivity contribution in [2.45, 2.75) is 46.1 Å². The van der Waals surface area contributed by atoms with Crippen LogP contribution in [0.3, 0.4) is 0 Å². The summed E-state index contributed by atoms with van der Waals surface area (Å²) in [6, 6.07) is 3.60. The highest BCUT2D eigenvalue weighted by molar-refractivity contribution is 5.95. The van der Waals surface area contributed by atoms with Crippen LogP contribution >= 0.6 is 0 Å². The Hall–Kier alpha value is -2.70. The first-order chi connectivity index (χ1) is 14.4. The summed E-state index contributed by atoms with van der Waals surface area (Å²) in [6.45, 7) is 5.73. The molecule has 0 bridgehead atoms. The van der Waals surface area contributed by atoms with E-state index in [1.165, 1.54) is 24.6 Å². The standard InChI is InChI=1S/C23H27F2N3O2/c1-15-19-5-3-4-6-21(19)28(14-17-7-8-18(24)13-20(17)25)22(15)23(30)27-11-9-26(10-12-27)16(2)29/h7-8,13H,3-6,9-12,14H2,1-2H3. The fourth-order valence-electron chi connectivity index (χ4n) is 4.72. The number of amides is 2. The molecule has 2 heterocycles. The van der Waals surface area contributed by atoms with Gasteiger partial charge in [0, 0.05) is 50.4 Å². The number of hydrogen-bond acceptors (Lipinski definition) is 2. The fourth-order valence-corrected chi connectivity index (χ4v) is 4.72. The minimum atomic E-state index is -0.610. The lowest BCUT2D eigenvalue weighted by Crippen LogP contribution is -2.50. The van der Waals surface area contributed by atoms with Gasteiger partial charge in [0.05, 0.1) is 6.54 Å². The monoisotopic (exact) mass is 415 g/mol. The minimum absolute atomic E-state index is 0.0175. The third-order valence-corrected chi connectivity index (χ3v) is 6.40. The number of carbonyl (C=O) groups excluding carboxylic acids is 2. The highest BCUT2D eigenvalue weighted by atomic mass is 19.1. The molecule has 4 rings (SSSR count). The Bertz CT molecular complexity index is 991. The van der Waals surface area contributed by atoms with Crippen LogP contribution in [0.2, 0.25) is 0 Å². The van der Waals surface area contributed by atoms with Crippen molar-refractivity contribution in [1.29, 1.82) is 0 Å². The number of carbonyl (C=O) groups is 2. The van der Waals surface area contributed by atoms with Crippen molar-refractivity contribution in [1.82, 2.24) is 14.4 Å². The van der Waals surface area contributed by atoms with Crippen molar-refractivity contribution in [2.75, 3.05) is 26.2 Å². The van der Waals surface area contributed by atoms with Gasteiger partial charge in [-0.2, -0.15) is 0 Å². The highest BCUT2D eigenvalue weighted by Gasteiger charge is 2.31. The molecule has 1 saturated heterocycles. The third kappa shape index (κ3) is 3.73. The van der Waals surface area contributed by atoms with Crippen molar-refractivity contribution in [3.05, 3.63) is 57.9 Å². The molecule has 2 aromatic rings. The van der Waals surface area contributed by atoms with Crippen LogP contribution in [0, 0.1) is 18.6 Å². The van der Waals surface area contributed by atoms with E-state index >= 15 is 0 Å². The summed E-state index contributed by atoms with van der Waals surface area (Å²) < 4.78 is 29.7. The Labute approximate surface area is 175 Å². The molecule has 1 aliphatic heterocycles. The normalized spacial score (nSPS) is 16.5. The smallest absolute Gasteiger partial charge is 0.270 e. The lowest BCUT2D eigenvalue weighted by atomic mass is 9.95. The van der Waals surface area contributed by atoms with E-state index in [1.807, 2.05) is 11.5 Å². The highest BCUT2D eigenvalue weighted by Crippen LogP contribution is 2.31. The average Bonchev–Trinajstić information content (AvgIpc) is 3.01. The van der Waals surface area contributed by atoms with Gasteiger partial charge < -0.3 is 14.4 Å². The van der Waals surface area contributed by atoms with E-state index in [0.717, 1.165) is 43.0 Å². The van der Waals surface area contributed by atoms with Gasteiger partial charge in [0.2, 0.25) is 5.91 Å². The van der Waals surface area contributed by atoms with Crippen molar-refractivity contribution < 1.29 is 18.4 Å². The Balaban J connectivity index is 1.69. The molecule has 0 spiro atoms. The van der Waals surface area contributed by atoms with Gasteiger partial charge in [-0.05, 0) is 49.8 Å². The van der Waals surface area contributed by atoms with Crippen LogP contribution in [0.5, 0.6) is 0 Å². The molecule has 0 N–H and O–H groups in total. The van der Waals surface area contributed by atoms with Gasteiger partial charge in [0.25, 0.3) is 5.91 Å². The van der Waals surface area contributed by atoms with Gasteiger partial charge >= 0.3 is 0 Å². The van der Waals surface area contributed by atoms with Crippen LogP contribution in [-0.2, 0) is 24.2 Å². The van der Waals surface area contributed by atoms with E-state index in [-0.39, 0.29) is 18.4 Å². The topological polar surface area (TPSA) is 45.6 Å². The predicted octanol–water partition coefficient (Wildman–Crippen LogP) is 3.31. The van der Waals surface area contributed by atoms with Crippen LogP contribution in [0.1, 0.15) is 52.6 Å². The molecule has 1 aromatic carbocycles. The summed E-state index contributed by atoms with van der Waals surface area (Å²) in [5.74, 6) is -1.27. The Kier molecular flexibility index (Phi) is 5.62. The van der Waals surface area contributed by atoms with E-state index in [4.69, 9.17) is 0 Å². The maximum absolute atomic E-state index is 14.4. The lowest BCUT2D eigenvalue weighted by Gasteiger charge is -2.34. The van der Waals surface area contributed by atoms with Gasteiger partial charge in [-0.1, -0.05) is 6.07 Å². The molecule has 5 nitrogen and oxygen atoms in total. The number of hydrogen-bond donors (Lipinski definition) is 0. The first-order valence-electron chi connectivity index (χ1n) is 10.6. The summed E-state index contributed by atoms with van der Waals surface area (Å²) in [7, 11) is 0. The molecule has 0 saturated carbocycles.